The minimum absolute atomic E-state index is 0.0231. The monoisotopic (exact) mass is 541 g/mol. The highest BCUT2D eigenvalue weighted by atomic mass is 35.5. The Morgan fingerprint density at radius 2 is 1.34 bits per heavy atom. The van der Waals surface area contributed by atoms with Crippen LogP contribution in [0.4, 0.5) is 27.7 Å². The molecule has 0 aliphatic carbocycles. The van der Waals surface area contributed by atoms with E-state index in [0.717, 1.165) is 24.3 Å². The Morgan fingerprint density at radius 1 is 0.800 bits per heavy atom. The molecular formula is C19H13ClFN5O7S2. The Kier molecular flexibility index (Phi) is 6.20. The fourth-order valence-corrected chi connectivity index (χ4v) is 4.34. The third-order valence-electron chi connectivity index (χ3n) is 4.55. The predicted molar refractivity (Wildman–Crippen MR) is 123 cm³/mol. The van der Waals surface area contributed by atoms with Gasteiger partial charge in [0.1, 0.15) is 11.6 Å². The Morgan fingerprint density at radius 3 is 1.91 bits per heavy atom. The number of rotatable bonds is 6. The van der Waals surface area contributed by atoms with E-state index < -0.39 is 41.6 Å². The molecule has 0 atom stereocenters. The second-order valence-corrected chi connectivity index (χ2v) is 10.1. The van der Waals surface area contributed by atoms with Crippen LogP contribution in [-0.4, -0.2) is 46.0 Å². The summed E-state index contributed by atoms with van der Waals surface area (Å²) in [5, 5.41) is 15.0. The summed E-state index contributed by atoms with van der Waals surface area (Å²) >= 11 is 5.93. The summed E-state index contributed by atoms with van der Waals surface area (Å²) in [6, 6.07) is 9.07. The number of aromatic hydroxyl groups is 1. The van der Waals surface area contributed by atoms with Crippen LogP contribution in [0.3, 0.4) is 0 Å². The zero-order valence-corrected chi connectivity index (χ0v) is 19.4. The Bertz CT molecular complexity index is 1700. The molecule has 16 heteroatoms. The summed E-state index contributed by atoms with van der Waals surface area (Å²) in [4.78, 5) is 10.3. The maximum absolute atomic E-state index is 14.0. The van der Waals surface area contributed by atoms with E-state index in [1.165, 1.54) is 18.2 Å². The van der Waals surface area contributed by atoms with Crippen molar-refractivity contribution in [2.45, 2.75) is 9.79 Å². The van der Waals surface area contributed by atoms with Gasteiger partial charge < -0.3 is 15.7 Å². The van der Waals surface area contributed by atoms with Crippen molar-refractivity contribution in [1.82, 2.24) is 15.0 Å². The number of nitrogens with one attached hydrogen (secondary N) is 2. The number of fused-ring (bicyclic) bond motifs is 1. The van der Waals surface area contributed by atoms with Gasteiger partial charge in [0.25, 0.3) is 20.2 Å². The smallest absolute Gasteiger partial charge is 0.294 e. The molecule has 0 fully saturated rings. The third-order valence-corrected chi connectivity index (χ3v) is 6.38. The van der Waals surface area contributed by atoms with Gasteiger partial charge in [-0.05, 0) is 47.3 Å². The van der Waals surface area contributed by atoms with Crippen LogP contribution in [0.5, 0.6) is 5.75 Å². The highest BCUT2D eigenvalue weighted by molar-refractivity contribution is 7.86. The number of phenols is 1. The first-order valence-electron chi connectivity index (χ1n) is 9.27. The molecule has 0 aliphatic rings. The lowest BCUT2D eigenvalue weighted by atomic mass is 10.1. The molecule has 0 unspecified atom stereocenters. The van der Waals surface area contributed by atoms with Crippen LogP contribution in [-0.2, 0) is 20.2 Å². The molecule has 3 aromatic carbocycles. The third kappa shape index (κ3) is 5.39. The minimum Gasteiger partial charge on any atom is -0.507 e. The van der Waals surface area contributed by atoms with Crippen molar-refractivity contribution in [2.75, 3.05) is 10.6 Å². The van der Waals surface area contributed by atoms with Crippen LogP contribution in [0, 0.1) is 5.82 Å². The number of nitrogens with zero attached hydrogens (tertiary/aromatic N) is 3. The average Bonchev–Trinajstić information content (AvgIpc) is 2.73. The Labute approximate surface area is 202 Å². The quantitative estimate of drug-likeness (QED) is 0.223. The van der Waals surface area contributed by atoms with E-state index in [-0.39, 0.29) is 39.3 Å². The lowest BCUT2D eigenvalue weighted by molar-refractivity contribution is 0.471. The zero-order chi connectivity index (χ0) is 25.5. The van der Waals surface area contributed by atoms with Crippen LogP contribution < -0.4 is 10.6 Å². The molecule has 4 aromatic rings. The second kappa shape index (κ2) is 8.86. The van der Waals surface area contributed by atoms with Crippen LogP contribution in [0.15, 0.2) is 58.3 Å². The van der Waals surface area contributed by atoms with E-state index in [2.05, 4.69) is 25.6 Å². The van der Waals surface area contributed by atoms with Crippen LogP contribution >= 0.6 is 11.6 Å². The summed E-state index contributed by atoms with van der Waals surface area (Å²) < 4.78 is 79.4. The van der Waals surface area contributed by atoms with Crippen LogP contribution in [0.2, 0.25) is 5.28 Å². The van der Waals surface area contributed by atoms with E-state index in [1.54, 1.807) is 6.07 Å². The van der Waals surface area contributed by atoms with Gasteiger partial charge in [-0.2, -0.15) is 31.8 Å². The standard InChI is InChI=1S/C19H13ClFN5O7S2/c20-17-24-18(22-13-4-2-1-3-12(13)21)26-19(25-17)23-14-7-10(34(28,29)30)5-9-6-11(35(31,32)33)8-15(27)16(9)14/h1-8,27H,(H,28,29,30)(H,31,32,33)(H2,22,23,24,25,26). The van der Waals surface area contributed by atoms with E-state index >= 15 is 0 Å². The molecule has 0 saturated carbocycles. The molecule has 12 nitrogen and oxygen atoms in total. The van der Waals surface area contributed by atoms with Crippen molar-refractivity contribution in [3.63, 3.8) is 0 Å². The van der Waals surface area contributed by atoms with Crippen LogP contribution in [0.25, 0.3) is 10.8 Å². The number of hydrogen-bond donors (Lipinski definition) is 5. The molecule has 0 radical (unpaired) electrons. The number of aromatic nitrogens is 3. The van der Waals surface area contributed by atoms with Crippen molar-refractivity contribution >= 4 is 65.9 Å². The SMILES string of the molecule is O=S(=O)(O)c1cc(O)c2c(Nc3nc(Cl)nc(Nc4ccccc4F)n3)cc(S(=O)(=O)O)cc2c1. The highest BCUT2D eigenvalue weighted by Gasteiger charge is 2.20. The number of halogens is 2. The van der Waals surface area contributed by atoms with Gasteiger partial charge in [0.15, 0.2) is 0 Å². The van der Waals surface area contributed by atoms with Crippen LogP contribution in [0.1, 0.15) is 0 Å². The van der Waals surface area contributed by atoms with E-state index in [4.69, 9.17) is 11.6 Å². The molecule has 4 rings (SSSR count). The van der Waals surface area contributed by atoms with Crippen molar-refractivity contribution in [3.8, 4) is 5.75 Å². The molecule has 35 heavy (non-hydrogen) atoms. The number of para-hydroxylation sites is 1. The molecule has 5 N–H and O–H groups in total. The van der Waals surface area contributed by atoms with E-state index in [0.29, 0.717) is 0 Å². The summed E-state index contributed by atoms with van der Waals surface area (Å²) in [6.45, 7) is 0. The van der Waals surface area contributed by atoms with E-state index in [1.807, 2.05) is 0 Å². The maximum Gasteiger partial charge on any atom is 0.294 e. The highest BCUT2D eigenvalue weighted by Crippen LogP contribution is 2.37. The largest absolute Gasteiger partial charge is 0.507 e. The molecule has 0 aliphatic heterocycles. The average molecular weight is 542 g/mol. The lowest BCUT2D eigenvalue weighted by Gasteiger charge is -2.14. The molecule has 0 spiro atoms. The van der Waals surface area contributed by atoms with Gasteiger partial charge in [-0.15, -0.1) is 0 Å². The fraction of sp³-hybridized carbons (Fsp3) is 0. The topological polar surface area (TPSA) is 192 Å². The molecule has 0 bridgehead atoms. The minimum atomic E-state index is -4.80. The van der Waals surface area contributed by atoms with Gasteiger partial charge in [0.2, 0.25) is 17.2 Å². The zero-order valence-electron chi connectivity index (χ0n) is 17.0. The fourth-order valence-electron chi connectivity index (χ4n) is 3.10. The first-order valence-corrected chi connectivity index (χ1v) is 12.5. The maximum atomic E-state index is 14.0. The number of benzene rings is 3. The van der Waals surface area contributed by atoms with Crippen molar-refractivity contribution in [3.05, 3.63) is 59.6 Å². The lowest BCUT2D eigenvalue weighted by Crippen LogP contribution is -2.06. The summed E-state index contributed by atoms with van der Waals surface area (Å²) in [6.07, 6.45) is 0. The molecular weight excluding hydrogens is 529 g/mol. The number of anilines is 4. The molecule has 1 heterocycles. The van der Waals surface area contributed by atoms with Crippen molar-refractivity contribution in [2.24, 2.45) is 0 Å². The molecule has 0 amide bonds. The van der Waals surface area contributed by atoms with Gasteiger partial charge >= 0.3 is 0 Å². The van der Waals surface area contributed by atoms with Crippen molar-refractivity contribution < 1.29 is 35.4 Å². The number of hydrogen-bond acceptors (Lipinski definition) is 10. The number of phenolic OH excluding ortho intramolecular Hbond substituents is 1. The van der Waals surface area contributed by atoms with Gasteiger partial charge in [-0.3, -0.25) is 9.11 Å². The van der Waals surface area contributed by atoms with Gasteiger partial charge in [-0.1, -0.05) is 12.1 Å². The predicted octanol–water partition coefficient (Wildman–Crippen LogP) is 3.50. The molecule has 182 valence electrons. The Balaban J connectivity index is 1.85. The summed E-state index contributed by atoms with van der Waals surface area (Å²) in [7, 11) is -9.56. The van der Waals surface area contributed by atoms with Gasteiger partial charge in [0.05, 0.1) is 21.2 Å². The second-order valence-electron chi connectivity index (χ2n) is 6.94. The first kappa shape index (κ1) is 24.5. The van der Waals surface area contributed by atoms with Gasteiger partial charge in [-0.25, -0.2) is 4.39 Å². The van der Waals surface area contributed by atoms with Crippen molar-refractivity contribution in [1.29, 1.82) is 0 Å². The first-order chi connectivity index (χ1) is 16.3. The molecule has 0 saturated heterocycles. The van der Waals surface area contributed by atoms with Gasteiger partial charge in [0, 0.05) is 11.5 Å². The summed E-state index contributed by atoms with van der Waals surface area (Å²) in [5.41, 5.74) is -0.163. The Hall–Kier alpha value is -3.63. The van der Waals surface area contributed by atoms with E-state index in [9.17, 15) is 35.4 Å². The normalized spacial score (nSPS) is 12.0. The summed E-state index contributed by atoms with van der Waals surface area (Å²) in [5.74, 6) is -1.74. The molecule has 1 aromatic heterocycles.